The normalized spacial score (nSPS) is 10.2. The number of benzene rings is 1. The van der Waals surface area contributed by atoms with Crippen molar-refractivity contribution in [1.29, 1.82) is 5.26 Å². The van der Waals surface area contributed by atoms with E-state index in [0.717, 1.165) is 10.2 Å². The fraction of sp³-hybridized carbons (Fsp3) is 0.267. The van der Waals surface area contributed by atoms with Crippen LogP contribution in [0, 0.1) is 25.2 Å². The third-order valence-corrected chi connectivity index (χ3v) is 3.66. The van der Waals surface area contributed by atoms with Gasteiger partial charge >= 0.3 is 0 Å². The van der Waals surface area contributed by atoms with Crippen LogP contribution in [0.5, 0.6) is 5.75 Å². The molecule has 0 fully saturated rings. The molecule has 0 saturated heterocycles. The number of nitrogens with zero attached hydrogens (tertiary/aromatic N) is 3. The molecule has 0 N–H and O–H groups in total. The molecule has 1 aromatic carbocycles. The maximum Gasteiger partial charge on any atom is 0.285 e. The van der Waals surface area contributed by atoms with Gasteiger partial charge in [0.2, 0.25) is 0 Å². The van der Waals surface area contributed by atoms with Crippen LogP contribution >= 0.6 is 15.9 Å². The summed E-state index contributed by atoms with van der Waals surface area (Å²) in [6, 6.07) is 9.37. The quantitative estimate of drug-likeness (QED) is 0.852. The van der Waals surface area contributed by atoms with Gasteiger partial charge in [-0.2, -0.15) is 10.4 Å². The lowest BCUT2D eigenvalue weighted by Gasteiger charge is -2.10. The largest absolute Gasteiger partial charge is 0.492 e. The van der Waals surface area contributed by atoms with E-state index in [1.54, 1.807) is 13.8 Å². The lowest BCUT2D eigenvalue weighted by Crippen LogP contribution is -2.29. The van der Waals surface area contributed by atoms with Crippen LogP contribution in [-0.4, -0.2) is 16.4 Å². The Morgan fingerprint density at radius 3 is 2.62 bits per heavy atom. The standard InChI is InChI=1S/C15H14BrN3O2/c1-10-11(2)18-19(15(20)14(10)9-17)7-8-21-13-5-3-12(16)4-6-13/h3-6H,7-8H2,1-2H3. The van der Waals surface area contributed by atoms with E-state index in [0.29, 0.717) is 24.4 Å². The lowest BCUT2D eigenvalue weighted by molar-refractivity contribution is 0.287. The van der Waals surface area contributed by atoms with Crippen LogP contribution < -0.4 is 10.3 Å². The highest BCUT2D eigenvalue weighted by molar-refractivity contribution is 9.10. The third-order valence-electron chi connectivity index (χ3n) is 3.13. The molecule has 0 radical (unpaired) electrons. The zero-order chi connectivity index (χ0) is 15.4. The molecule has 5 nitrogen and oxygen atoms in total. The zero-order valence-corrected chi connectivity index (χ0v) is 13.3. The van der Waals surface area contributed by atoms with Crippen molar-refractivity contribution < 1.29 is 4.74 Å². The van der Waals surface area contributed by atoms with Gasteiger partial charge in [-0.15, -0.1) is 0 Å². The molecule has 2 aromatic rings. The molecule has 0 amide bonds. The minimum atomic E-state index is -0.375. The summed E-state index contributed by atoms with van der Waals surface area (Å²) in [4.78, 5) is 12.1. The number of aryl methyl sites for hydroxylation is 1. The SMILES string of the molecule is Cc1nn(CCOc2ccc(Br)cc2)c(=O)c(C#N)c1C. The van der Waals surface area contributed by atoms with Crippen LogP contribution in [-0.2, 0) is 6.54 Å². The highest BCUT2D eigenvalue weighted by atomic mass is 79.9. The number of rotatable bonds is 4. The zero-order valence-electron chi connectivity index (χ0n) is 11.8. The first-order valence-corrected chi connectivity index (χ1v) is 7.19. The molecule has 0 bridgehead atoms. The smallest absolute Gasteiger partial charge is 0.285 e. The molecule has 0 aliphatic rings. The summed E-state index contributed by atoms with van der Waals surface area (Å²) >= 11 is 3.35. The lowest BCUT2D eigenvalue weighted by atomic mass is 10.1. The number of hydrogen-bond acceptors (Lipinski definition) is 4. The van der Waals surface area contributed by atoms with Gasteiger partial charge in [-0.1, -0.05) is 15.9 Å². The van der Waals surface area contributed by atoms with Crippen molar-refractivity contribution in [3.05, 3.63) is 55.9 Å². The van der Waals surface area contributed by atoms with Crippen molar-refractivity contribution in [2.75, 3.05) is 6.61 Å². The topological polar surface area (TPSA) is 67.9 Å². The van der Waals surface area contributed by atoms with Crippen LogP contribution in [0.2, 0.25) is 0 Å². The van der Waals surface area contributed by atoms with Gasteiger partial charge in [-0.25, -0.2) is 4.68 Å². The van der Waals surface area contributed by atoms with E-state index < -0.39 is 0 Å². The van der Waals surface area contributed by atoms with E-state index in [1.165, 1.54) is 4.68 Å². The Bertz CT molecular complexity index is 745. The van der Waals surface area contributed by atoms with Crippen molar-refractivity contribution in [2.45, 2.75) is 20.4 Å². The molecule has 0 spiro atoms. The second-order valence-corrected chi connectivity index (χ2v) is 5.44. The van der Waals surface area contributed by atoms with Gasteiger partial charge in [-0.3, -0.25) is 4.79 Å². The molecule has 0 aliphatic carbocycles. The Morgan fingerprint density at radius 1 is 1.33 bits per heavy atom. The molecule has 1 aromatic heterocycles. The maximum atomic E-state index is 12.1. The fourth-order valence-corrected chi connectivity index (χ4v) is 2.10. The summed E-state index contributed by atoms with van der Waals surface area (Å²) < 4.78 is 7.81. The van der Waals surface area contributed by atoms with E-state index in [4.69, 9.17) is 10.00 Å². The summed E-state index contributed by atoms with van der Waals surface area (Å²) in [5.41, 5.74) is 1.08. The first-order chi connectivity index (χ1) is 10.0. The van der Waals surface area contributed by atoms with Gasteiger partial charge in [0.25, 0.3) is 5.56 Å². The van der Waals surface area contributed by atoms with Crippen molar-refractivity contribution >= 4 is 15.9 Å². The van der Waals surface area contributed by atoms with Crippen molar-refractivity contribution in [2.24, 2.45) is 0 Å². The molecule has 0 unspecified atom stereocenters. The summed E-state index contributed by atoms with van der Waals surface area (Å²) in [5.74, 6) is 0.718. The van der Waals surface area contributed by atoms with Crippen LogP contribution in [0.1, 0.15) is 16.8 Å². The minimum Gasteiger partial charge on any atom is -0.492 e. The van der Waals surface area contributed by atoms with Gasteiger partial charge in [0.1, 0.15) is 24.0 Å². The number of halogens is 1. The highest BCUT2D eigenvalue weighted by Gasteiger charge is 2.11. The van der Waals surface area contributed by atoms with E-state index in [-0.39, 0.29) is 11.1 Å². The van der Waals surface area contributed by atoms with Crippen molar-refractivity contribution in [3.63, 3.8) is 0 Å². The van der Waals surface area contributed by atoms with Crippen LogP contribution in [0.15, 0.2) is 33.5 Å². The van der Waals surface area contributed by atoms with E-state index in [2.05, 4.69) is 21.0 Å². The summed E-state index contributed by atoms with van der Waals surface area (Å²) in [6.45, 7) is 4.11. The van der Waals surface area contributed by atoms with Gasteiger partial charge < -0.3 is 4.74 Å². The molecule has 0 atom stereocenters. The summed E-state index contributed by atoms with van der Waals surface area (Å²) in [6.07, 6.45) is 0. The Hall–Kier alpha value is -2.13. The van der Waals surface area contributed by atoms with Gasteiger partial charge in [-0.05, 0) is 43.7 Å². The molecule has 1 heterocycles. The average molecular weight is 348 g/mol. The average Bonchev–Trinajstić information content (AvgIpc) is 2.47. The second kappa shape index (κ2) is 6.55. The van der Waals surface area contributed by atoms with Crippen molar-refractivity contribution in [3.8, 4) is 11.8 Å². The molecule has 2 rings (SSSR count). The predicted molar refractivity (Wildman–Crippen MR) is 82.3 cm³/mol. The maximum absolute atomic E-state index is 12.1. The number of hydrogen-bond donors (Lipinski definition) is 0. The van der Waals surface area contributed by atoms with Crippen LogP contribution in [0.25, 0.3) is 0 Å². The van der Waals surface area contributed by atoms with Crippen LogP contribution in [0.4, 0.5) is 0 Å². The van der Waals surface area contributed by atoms with Gasteiger partial charge in [0.05, 0.1) is 12.2 Å². The van der Waals surface area contributed by atoms with Crippen LogP contribution in [0.3, 0.4) is 0 Å². The Kier molecular flexibility index (Phi) is 4.76. The fourth-order valence-electron chi connectivity index (χ4n) is 1.84. The van der Waals surface area contributed by atoms with E-state index in [1.807, 2.05) is 30.3 Å². The first-order valence-electron chi connectivity index (χ1n) is 6.39. The Labute approximate surface area is 130 Å². The highest BCUT2D eigenvalue weighted by Crippen LogP contribution is 2.15. The van der Waals surface area contributed by atoms with Gasteiger partial charge in [0.15, 0.2) is 0 Å². The Balaban J connectivity index is 2.11. The molecule has 21 heavy (non-hydrogen) atoms. The third kappa shape index (κ3) is 3.50. The van der Waals surface area contributed by atoms with E-state index >= 15 is 0 Å². The first kappa shape index (κ1) is 15.3. The molecular weight excluding hydrogens is 334 g/mol. The Morgan fingerprint density at radius 2 is 2.00 bits per heavy atom. The molecule has 108 valence electrons. The molecule has 6 heteroatoms. The monoisotopic (exact) mass is 347 g/mol. The predicted octanol–water partition coefficient (Wildman–Crippen LogP) is 2.57. The summed E-state index contributed by atoms with van der Waals surface area (Å²) in [5, 5.41) is 13.2. The molecule has 0 saturated carbocycles. The number of aromatic nitrogens is 2. The molecular formula is C15H14BrN3O2. The van der Waals surface area contributed by atoms with Gasteiger partial charge in [0, 0.05) is 4.47 Å². The number of ether oxygens (including phenoxy) is 1. The molecule has 0 aliphatic heterocycles. The van der Waals surface area contributed by atoms with E-state index in [9.17, 15) is 4.79 Å². The summed E-state index contributed by atoms with van der Waals surface area (Å²) in [7, 11) is 0. The second-order valence-electron chi connectivity index (χ2n) is 4.53. The van der Waals surface area contributed by atoms with Crippen molar-refractivity contribution in [1.82, 2.24) is 9.78 Å². The number of nitriles is 1. The minimum absolute atomic E-state index is 0.145.